The minimum atomic E-state index is 0. The molecule has 0 radical (unpaired) electrons. The smallest absolute Gasteiger partial charge is 0.257 e. The van der Waals surface area contributed by atoms with Crippen LogP contribution in [-0.2, 0) is 0 Å². The number of piperazine rings is 1. The molecule has 2 N–H and O–H groups in total. The van der Waals surface area contributed by atoms with E-state index in [2.05, 4.69) is 34.9 Å². The summed E-state index contributed by atoms with van der Waals surface area (Å²) in [6, 6.07) is 2.09. The van der Waals surface area contributed by atoms with Crippen molar-refractivity contribution in [1.29, 1.82) is 0 Å². The molecule has 2 saturated heterocycles. The van der Waals surface area contributed by atoms with Gasteiger partial charge in [0.1, 0.15) is 11.9 Å². The van der Waals surface area contributed by atoms with Crippen molar-refractivity contribution in [2.24, 2.45) is 0 Å². The zero-order chi connectivity index (χ0) is 20.5. The number of likely N-dealkylation sites (tertiary alicyclic amines) is 1. The highest BCUT2D eigenvalue weighted by molar-refractivity contribution is 5.86. The highest BCUT2D eigenvalue weighted by Gasteiger charge is 2.25. The van der Waals surface area contributed by atoms with Crippen LogP contribution in [0.5, 0.6) is 5.88 Å². The van der Waals surface area contributed by atoms with Gasteiger partial charge in [0.2, 0.25) is 5.88 Å². The summed E-state index contributed by atoms with van der Waals surface area (Å²) in [7, 11) is 4.36. The first-order valence-electron chi connectivity index (χ1n) is 11.7. The van der Waals surface area contributed by atoms with Gasteiger partial charge in [-0.3, -0.25) is 0 Å². The third kappa shape index (κ3) is 6.98. The number of piperidine rings is 1. The van der Waals surface area contributed by atoms with Gasteiger partial charge in [-0.2, -0.15) is 14.5 Å². The van der Waals surface area contributed by atoms with Crippen LogP contribution in [0, 0.1) is 0 Å². The number of anilines is 1. The molecular formula is C22H40Cl3N7O2. The lowest BCUT2D eigenvalue weighted by Gasteiger charge is -2.33. The number of ether oxygens (including phenoxy) is 1. The molecule has 4 heterocycles. The van der Waals surface area contributed by atoms with Crippen LogP contribution < -0.4 is 9.64 Å². The van der Waals surface area contributed by atoms with Crippen molar-refractivity contribution in [3.05, 3.63) is 11.9 Å². The van der Waals surface area contributed by atoms with Gasteiger partial charge < -0.3 is 24.9 Å². The van der Waals surface area contributed by atoms with Gasteiger partial charge in [0.05, 0.1) is 0 Å². The molecule has 3 fully saturated rings. The molecule has 34 heavy (non-hydrogen) atoms. The van der Waals surface area contributed by atoms with Crippen molar-refractivity contribution in [1.82, 2.24) is 29.4 Å². The van der Waals surface area contributed by atoms with Crippen LogP contribution in [0.25, 0.3) is 5.78 Å². The van der Waals surface area contributed by atoms with Gasteiger partial charge in [-0.1, -0.05) is 19.3 Å². The summed E-state index contributed by atoms with van der Waals surface area (Å²) in [4.78, 5) is 16.9. The Hall–Kier alpha value is -1.10. The summed E-state index contributed by atoms with van der Waals surface area (Å²) in [5.41, 5.74) is 0. The Labute approximate surface area is 221 Å². The van der Waals surface area contributed by atoms with Crippen LogP contribution >= 0.6 is 37.2 Å². The maximum atomic E-state index is 6.53. The molecule has 196 valence electrons. The van der Waals surface area contributed by atoms with E-state index < -0.39 is 0 Å². The van der Waals surface area contributed by atoms with E-state index in [-0.39, 0.29) is 48.8 Å². The van der Waals surface area contributed by atoms with Gasteiger partial charge >= 0.3 is 0 Å². The molecule has 0 amide bonds. The zero-order valence-corrected chi connectivity index (χ0v) is 22.6. The molecular weight excluding hydrogens is 501 g/mol. The fraction of sp³-hybridized carbons (Fsp3) is 0.773. The van der Waals surface area contributed by atoms with Crippen LogP contribution in [0.2, 0.25) is 0 Å². The largest absolute Gasteiger partial charge is 0.474 e. The van der Waals surface area contributed by atoms with Gasteiger partial charge in [-0.05, 0) is 39.8 Å². The number of hydrogen-bond donors (Lipinski definition) is 0. The average molecular weight is 541 g/mol. The Morgan fingerprint density at radius 2 is 1.41 bits per heavy atom. The van der Waals surface area contributed by atoms with Crippen LogP contribution in [0.1, 0.15) is 56.7 Å². The predicted octanol–water partition coefficient (Wildman–Crippen LogP) is 2.84. The van der Waals surface area contributed by atoms with Crippen molar-refractivity contribution in [3.63, 3.8) is 0 Å². The normalized spacial score (nSPS) is 20.6. The van der Waals surface area contributed by atoms with E-state index >= 15 is 0 Å². The molecule has 5 rings (SSSR count). The van der Waals surface area contributed by atoms with Gasteiger partial charge in [0.25, 0.3) is 5.78 Å². The van der Waals surface area contributed by atoms with Crippen molar-refractivity contribution in [3.8, 4) is 5.88 Å². The maximum absolute atomic E-state index is 6.53. The number of fused-ring (bicyclic) bond motifs is 1. The van der Waals surface area contributed by atoms with Gasteiger partial charge in [-0.25, -0.2) is 0 Å². The Bertz CT molecular complexity index is 866. The monoisotopic (exact) mass is 539 g/mol. The molecule has 0 atom stereocenters. The number of nitrogens with zero attached hydrogens (tertiary/aromatic N) is 7. The number of halogens is 3. The molecule has 12 heteroatoms. The molecule has 3 aliphatic rings. The second kappa shape index (κ2) is 13.8. The van der Waals surface area contributed by atoms with Crippen molar-refractivity contribution < 1.29 is 10.2 Å². The first kappa shape index (κ1) is 30.9. The summed E-state index contributed by atoms with van der Waals surface area (Å²) >= 11 is 0. The maximum Gasteiger partial charge on any atom is 0.257 e. The Kier molecular flexibility index (Phi) is 12.6. The SMILES string of the molecule is CN1CCC(Oc2cc(N3CCN(C)CC3)nc3nc(C4CCCCC4)nn23)CC1.Cl.Cl.Cl.O. The zero-order valence-electron chi connectivity index (χ0n) is 20.2. The molecule has 0 bridgehead atoms. The third-order valence-electron chi connectivity index (χ3n) is 7.03. The second-order valence-electron chi connectivity index (χ2n) is 9.38. The average Bonchev–Trinajstić information content (AvgIpc) is 3.21. The van der Waals surface area contributed by atoms with Gasteiger partial charge in [0.15, 0.2) is 5.82 Å². The highest BCUT2D eigenvalue weighted by Crippen LogP contribution is 2.32. The minimum absolute atomic E-state index is 0. The first-order chi connectivity index (χ1) is 14.7. The van der Waals surface area contributed by atoms with Gasteiger partial charge in [-0.15, -0.1) is 42.3 Å². The van der Waals surface area contributed by atoms with E-state index in [1.54, 1.807) is 0 Å². The van der Waals surface area contributed by atoms with E-state index in [0.29, 0.717) is 11.7 Å². The van der Waals surface area contributed by atoms with Crippen LogP contribution in [0.3, 0.4) is 0 Å². The summed E-state index contributed by atoms with van der Waals surface area (Å²) in [6.45, 7) is 6.23. The summed E-state index contributed by atoms with van der Waals surface area (Å²) < 4.78 is 8.39. The number of hydrogen-bond acceptors (Lipinski definition) is 7. The molecule has 2 aromatic heterocycles. The quantitative estimate of drug-likeness (QED) is 0.589. The molecule has 2 aromatic rings. The van der Waals surface area contributed by atoms with E-state index in [0.717, 1.165) is 69.6 Å². The molecule has 0 aromatic carbocycles. The second-order valence-corrected chi connectivity index (χ2v) is 9.38. The van der Waals surface area contributed by atoms with Crippen molar-refractivity contribution in [2.75, 3.05) is 58.3 Å². The molecule has 2 aliphatic heterocycles. The van der Waals surface area contributed by atoms with Crippen LogP contribution in [0.4, 0.5) is 5.82 Å². The number of rotatable bonds is 4. The van der Waals surface area contributed by atoms with E-state index in [4.69, 9.17) is 19.8 Å². The lowest BCUT2D eigenvalue weighted by Crippen LogP contribution is -2.44. The molecule has 0 spiro atoms. The molecule has 0 unspecified atom stereocenters. The van der Waals surface area contributed by atoms with E-state index in [9.17, 15) is 0 Å². The number of aromatic nitrogens is 4. The molecule has 1 aliphatic carbocycles. The molecule has 9 nitrogen and oxygen atoms in total. The first-order valence-corrected chi connectivity index (χ1v) is 11.7. The summed E-state index contributed by atoms with van der Waals surface area (Å²) in [5, 5.41) is 4.90. The van der Waals surface area contributed by atoms with E-state index in [1.807, 2.05) is 4.52 Å². The standard InChI is InChI=1S/C22H35N7O.3ClH.H2O/c1-26-10-8-18(9-11-26)30-20-16-19(28-14-12-27(2)13-15-28)23-22-24-21(25-29(20)22)17-6-4-3-5-7-17;;;;/h16-18H,3-15H2,1-2H3;3*1H;1H2. The third-order valence-corrected chi connectivity index (χ3v) is 7.03. The fourth-order valence-corrected chi connectivity index (χ4v) is 4.93. The highest BCUT2D eigenvalue weighted by atomic mass is 35.5. The molecule has 1 saturated carbocycles. The lowest BCUT2D eigenvalue weighted by atomic mass is 9.89. The van der Waals surface area contributed by atoms with Crippen LogP contribution in [-0.4, -0.2) is 94.3 Å². The topological polar surface area (TPSA) is 93.5 Å². The van der Waals surface area contributed by atoms with Gasteiger partial charge in [0, 0.05) is 51.3 Å². The fourth-order valence-electron chi connectivity index (χ4n) is 4.93. The lowest BCUT2D eigenvalue weighted by molar-refractivity contribution is 0.107. The predicted molar refractivity (Wildman–Crippen MR) is 143 cm³/mol. The van der Waals surface area contributed by atoms with Crippen molar-refractivity contribution in [2.45, 2.75) is 57.0 Å². The number of likely N-dealkylation sites (N-methyl/N-ethyl adjacent to an activating group) is 1. The van der Waals surface area contributed by atoms with Crippen LogP contribution in [0.15, 0.2) is 6.07 Å². The Morgan fingerprint density at radius 1 is 0.794 bits per heavy atom. The summed E-state index contributed by atoms with van der Waals surface area (Å²) in [5.74, 6) is 3.88. The van der Waals surface area contributed by atoms with Crippen molar-refractivity contribution >= 4 is 48.8 Å². The Morgan fingerprint density at radius 3 is 2.06 bits per heavy atom. The minimum Gasteiger partial charge on any atom is -0.474 e. The Balaban J connectivity index is 0.00000144. The summed E-state index contributed by atoms with van der Waals surface area (Å²) in [6.07, 6.45) is 8.59. The van der Waals surface area contributed by atoms with E-state index in [1.165, 1.54) is 32.1 Å².